The van der Waals surface area contributed by atoms with Gasteiger partial charge in [0.15, 0.2) is 5.65 Å². The number of nitrogens with two attached hydrogens (primary N) is 1. The minimum atomic E-state index is -0.0630. The first-order chi connectivity index (χ1) is 12.1. The van der Waals surface area contributed by atoms with Crippen molar-refractivity contribution in [1.29, 1.82) is 0 Å². The molecule has 0 fully saturated rings. The molecule has 2 aromatic heterocycles. The van der Waals surface area contributed by atoms with Gasteiger partial charge in [0.2, 0.25) is 0 Å². The van der Waals surface area contributed by atoms with Crippen LogP contribution in [0.15, 0.2) is 36.7 Å². The van der Waals surface area contributed by atoms with Crippen LogP contribution in [0, 0.1) is 0 Å². The molecule has 1 unspecified atom stereocenters. The number of aryl methyl sites for hydroxylation is 1. The van der Waals surface area contributed by atoms with Crippen LogP contribution in [0.25, 0.3) is 22.2 Å². The normalized spacial score (nSPS) is 13.9. The van der Waals surface area contributed by atoms with Gasteiger partial charge in [0, 0.05) is 30.1 Å². The van der Waals surface area contributed by atoms with Gasteiger partial charge in [-0.2, -0.15) is 5.10 Å². The Morgan fingerprint density at radius 2 is 2.12 bits per heavy atom. The maximum absolute atomic E-state index is 9.21. The predicted molar refractivity (Wildman–Crippen MR) is 101 cm³/mol. The Hall–Kier alpha value is -2.24. The molecule has 2 heterocycles. The molecule has 5 heteroatoms. The van der Waals surface area contributed by atoms with Crippen LogP contribution in [0.1, 0.15) is 37.8 Å². The molecule has 0 aliphatic rings. The van der Waals surface area contributed by atoms with Crippen molar-refractivity contribution in [2.45, 2.75) is 38.5 Å². The number of hydrogen-bond acceptors (Lipinski definition) is 4. The van der Waals surface area contributed by atoms with Gasteiger partial charge in [-0.3, -0.25) is 5.10 Å². The molecule has 0 aliphatic carbocycles. The third-order valence-corrected chi connectivity index (χ3v) is 5.21. The van der Waals surface area contributed by atoms with E-state index in [1.165, 1.54) is 11.1 Å². The van der Waals surface area contributed by atoms with Crippen molar-refractivity contribution in [1.82, 2.24) is 15.2 Å². The molecule has 0 saturated heterocycles. The standard InChI is InChI=1S/C20H26N4O/c1-3-20(2,13-21)16-10-14(5-4-8-25)9-15(11-16)17-6-7-22-19-18(17)12-23-24-19/h6-7,9-12,25H,3-5,8,13,21H2,1-2H3,(H,22,23,24). The van der Waals surface area contributed by atoms with Crippen LogP contribution in [0.4, 0.5) is 0 Å². The van der Waals surface area contributed by atoms with Gasteiger partial charge in [-0.1, -0.05) is 32.0 Å². The van der Waals surface area contributed by atoms with E-state index in [9.17, 15) is 5.11 Å². The number of pyridine rings is 1. The van der Waals surface area contributed by atoms with E-state index in [2.05, 4.69) is 47.2 Å². The topological polar surface area (TPSA) is 87.8 Å². The lowest BCUT2D eigenvalue weighted by molar-refractivity contribution is 0.288. The number of aromatic nitrogens is 3. The average Bonchev–Trinajstić information content (AvgIpc) is 3.14. The number of hydrogen-bond donors (Lipinski definition) is 3. The second-order valence-corrected chi connectivity index (χ2v) is 6.85. The van der Waals surface area contributed by atoms with Crippen LogP contribution in [0.5, 0.6) is 0 Å². The van der Waals surface area contributed by atoms with Gasteiger partial charge in [-0.05, 0) is 47.6 Å². The summed E-state index contributed by atoms with van der Waals surface area (Å²) in [5.41, 5.74) is 11.6. The number of nitrogens with one attached hydrogen (secondary N) is 1. The third kappa shape index (κ3) is 3.43. The van der Waals surface area contributed by atoms with E-state index in [4.69, 9.17) is 5.73 Å². The molecule has 0 saturated carbocycles. The molecule has 5 nitrogen and oxygen atoms in total. The van der Waals surface area contributed by atoms with Gasteiger partial charge in [0.05, 0.1) is 6.20 Å². The van der Waals surface area contributed by atoms with Crippen LogP contribution < -0.4 is 5.73 Å². The van der Waals surface area contributed by atoms with E-state index in [-0.39, 0.29) is 12.0 Å². The van der Waals surface area contributed by atoms with Crippen LogP contribution in [-0.2, 0) is 11.8 Å². The zero-order valence-corrected chi connectivity index (χ0v) is 14.9. The van der Waals surface area contributed by atoms with E-state index in [0.29, 0.717) is 6.54 Å². The minimum absolute atomic E-state index is 0.0630. The van der Waals surface area contributed by atoms with Crippen molar-refractivity contribution in [2.75, 3.05) is 13.2 Å². The molecular formula is C20H26N4O. The van der Waals surface area contributed by atoms with Crippen molar-refractivity contribution < 1.29 is 5.11 Å². The van der Waals surface area contributed by atoms with E-state index in [0.717, 1.165) is 41.4 Å². The first-order valence-corrected chi connectivity index (χ1v) is 8.85. The second-order valence-electron chi connectivity index (χ2n) is 6.85. The number of fused-ring (bicyclic) bond motifs is 1. The first-order valence-electron chi connectivity index (χ1n) is 8.85. The Balaban J connectivity index is 2.16. The second kappa shape index (κ2) is 7.33. The molecule has 0 bridgehead atoms. The molecule has 3 aromatic rings. The molecule has 0 radical (unpaired) electrons. The zero-order valence-electron chi connectivity index (χ0n) is 14.9. The molecule has 4 N–H and O–H groups in total. The highest BCUT2D eigenvalue weighted by Crippen LogP contribution is 2.34. The fourth-order valence-corrected chi connectivity index (χ4v) is 3.19. The minimum Gasteiger partial charge on any atom is -0.396 e. The fourth-order valence-electron chi connectivity index (χ4n) is 3.19. The van der Waals surface area contributed by atoms with Crippen molar-refractivity contribution in [2.24, 2.45) is 5.73 Å². The lowest BCUT2D eigenvalue weighted by Crippen LogP contribution is -2.31. The predicted octanol–water partition coefficient (Wildman–Crippen LogP) is 3.18. The SMILES string of the molecule is CCC(C)(CN)c1cc(CCCO)cc(-c2ccnc3[nH]ncc23)c1. The van der Waals surface area contributed by atoms with E-state index < -0.39 is 0 Å². The zero-order chi connectivity index (χ0) is 17.9. The number of aliphatic hydroxyl groups excluding tert-OH is 1. The van der Waals surface area contributed by atoms with Gasteiger partial charge < -0.3 is 10.8 Å². The molecule has 132 valence electrons. The van der Waals surface area contributed by atoms with E-state index in [1.807, 2.05) is 12.3 Å². The van der Waals surface area contributed by atoms with Crippen molar-refractivity contribution in [3.63, 3.8) is 0 Å². The summed E-state index contributed by atoms with van der Waals surface area (Å²) in [7, 11) is 0. The number of rotatable bonds is 7. The van der Waals surface area contributed by atoms with Crippen LogP contribution in [0.2, 0.25) is 0 Å². The molecular weight excluding hydrogens is 312 g/mol. The van der Waals surface area contributed by atoms with Gasteiger partial charge in [-0.25, -0.2) is 4.98 Å². The molecule has 1 atom stereocenters. The summed E-state index contributed by atoms with van der Waals surface area (Å²) in [6, 6.07) is 8.70. The van der Waals surface area contributed by atoms with Crippen molar-refractivity contribution in [3.8, 4) is 11.1 Å². The van der Waals surface area contributed by atoms with Crippen LogP contribution in [0.3, 0.4) is 0 Å². The number of benzene rings is 1. The molecule has 0 aliphatic heterocycles. The monoisotopic (exact) mass is 338 g/mol. The quantitative estimate of drug-likeness (QED) is 0.617. The highest BCUT2D eigenvalue weighted by atomic mass is 16.2. The Bertz CT molecular complexity index is 852. The molecule has 3 rings (SSSR count). The van der Waals surface area contributed by atoms with Gasteiger partial charge in [0.25, 0.3) is 0 Å². The fraction of sp³-hybridized carbons (Fsp3) is 0.400. The molecule has 0 amide bonds. The maximum Gasteiger partial charge on any atom is 0.155 e. The maximum atomic E-state index is 9.21. The molecule has 0 spiro atoms. The average molecular weight is 338 g/mol. The Labute approximate surface area is 148 Å². The summed E-state index contributed by atoms with van der Waals surface area (Å²) in [5, 5.41) is 17.3. The number of nitrogens with zero attached hydrogens (tertiary/aromatic N) is 2. The summed E-state index contributed by atoms with van der Waals surface area (Å²) in [4.78, 5) is 4.33. The van der Waals surface area contributed by atoms with Crippen LogP contribution >= 0.6 is 0 Å². The van der Waals surface area contributed by atoms with Gasteiger partial charge in [-0.15, -0.1) is 0 Å². The summed E-state index contributed by atoms with van der Waals surface area (Å²) < 4.78 is 0. The summed E-state index contributed by atoms with van der Waals surface area (Å²) in [6.07, 6.45) is 6.20. The van der Waals surface area contributed by atoms with E-state index in [1.54, 1.807) is 6.20 Å². The van der Waals surface area contributed by atoms with Gasteiger partial charge in [0.1, 0.15) is 0 Å². The largest absolute Gasteiger partial charge is 0.396 e. The number of H-pyrrole nitrogens is 1. The third-order valence-electron chi connectivity index (χ3n) is 5.21. The molecule has 1 aromatic carbocycles. The van der Waals surface area contributed by atoms with Crippen molar-refractivity contribution >= 4 is 11.0 Å². The first kappa shape index (κ1) is 17.6. The highest BCUT2D eigenvalue weighted by molar-refractivity contribution is 5.92. The molecule has 25 heavy (non-hydrogen) atoms. The highest BCUT2D eigenvalue weighted by Gasteiger charge is 2.24. The van der Waals surface area contributed by atoms with Crippen LogP contribution in [-0.4, -0.2) is 33.4 Å². The van der Waals surface area contributed by atoms with Crippen molar-refractivity contribution in [3.05, 3.63) is 47.8 Å². The lowest BCUT2D eigenvalue weighted by Gasteiger charge is -2.28. The summed E-state index contributed by atoms with van der Waals surface area (Å²) in [5.74, 6) is 0. The lowest BCUT2D eigenvalue weighted by atomic mass is 9.78. The summed E-state index contributed by atoms with van der Waals surface area (Å²) in [6.45, 7) is 5.18. The van der Waals surface area contributed by atoms with Gasteiger partial charge >= 0.3 is 0 Å². The number of aromatic amines is 1. The Morgan fingerprint density at radius 1 is 1.28 bits per heavy atom. The van der Waals surface area contributed by atoms with E-state index >= 15 is 0 Å². The smallest absolute Gasteiger partial charge is 0.155 e. The number of aliphatic hydroxyl groups is 1. The summed E-state index contributed by atoms with van der Waals surface area (Å²) >= 11 is 0. The Morgan fingerprint density at radius 3 is 2.84 bits per heavy atom. The Kier molecular flexibility index (Phi) is 5.16.